The number of carbonyl (C=O) groups excluding carboxylic acids is 2. The molecule has 0 saturated heterocycles. The van der Waals surface area contributed by atoms with E-state index in [2.05, 4.69) is 24.5 Å². The van der Waals surface area contributed by atoms with Crippen LogP contribution >= 0.6 is 0 Å². The zero-order valence-electron chi connectivity index (χ0n) is 16.9. The van der Waals surface area contributed by atoms with Crippen LogP contribution in [0.2, 0.25) is 0 Å². The van der Waals surface area contributed by atoms with E-state index in [-0.39, 0.29) is 17.7 Å². The number of hydrogen-bond donors (Lipinski definition) is 2. The van der Waals surface area contributed by atoms with E-state index < -0.39 is 6.04 Å². The quantitative estimate of drug-likeness (QED) is 0.732. The molecule has 0 saturated carbocycles. The summed E-state index contributed by atoms with van der Waals surface area (Å²) in [7, 11) is 0. The third-order valence-electron chi connectivity index (χ3n) is 4.91. The number of rotatable bonds is 7. The van der Waals surface area contributed by atoms with Crippen LogP contribution in [-0.2, 0) is 4.79 Å². The Morgan fingerprint density at radius 2 is 1.52 bits per heavy atom. The Morgan fingerprint density at radius 3 is 2.04 bits per heavy atom. The molecule has 4 nitrogen and oxygen atoms in total. The number of nitrogens with one attached hydrogen (secondary N) is 2. The summed E-state index contributed by atoms with van der Waals surface area (Å²) in [5, 5.41) is 5.78. The maximum Gasteiger partial charge on any atom is 0.251 e. The van der Waals surface area contributed by atoms with Gasteiger partial charge in [0.15, 0.2) is 0 Å². The Balaban J connectivity index is 2.06. The zero-order chi connectivity index (χ0) is 20.0. The van der Waals surface area contributed by atoms with E-state index in [0.29, 0.717) is 11.5 Å². The van der Waals surface area contributed by atoms with E-state index in [1.165, 1.54) is 5.56 Å². The van der Waals surface area contributed by atoms with Crippen molar-refractivity contribution >= 4 is 17.5 Å². The normalized spacial score (nSPS) is 13.1. The van der Waals surface area contributed by atoms with Crippen LogP contribution < -0.4 is 10.6 Å². The summed E-state index contributed by atoms with van der Waals surface area (Å²) in [6, 6.07) is 14.6. The molecular formula is C23H30N2O2. The van der Waals surface area contributed by atoms with Gasteiger partial charge in [-0.05, 0) is 55.0 Å². The van der Waals surface area contributed by atoms with Gasteiger partial charge in [0, 0.05) is 11.3 Å². The van der Waals surface area contributed by atoms with Crippen molar-refractivity contribution in [2.45, 2.75) is 53.0 Å². The van der Waals surface area contributed by atoms with Gasteiger partial charge in [-0.3, -0.25) is 9.59 Å². The van der Waals surface area contributed by atoms with Crippen LogP contribution in [0.15, 0.2) is 48.5 Å². The molecule has 0 bridgehead atoms. The summed E-state index contributed by atoms with van der Waals surface area (Å²) in [5.74, 6) is 0.0171. The molecule has 0 radical (unpaired) electrons. The Labute approximate surface area is 162 Å². The second kappa shape index (κ2) is 9.36. The summed E-state index contributed by atoms with van der Waals surface area (Å²) >= 11 is 0. The molecule has 144 valence electrons. The average molecular weight is 367 g/mol. The fourth-order valence-corrected chi connectivity index (χ4v) is 2.82. The van der Waals surface area contributed by atoms with Crippen LogP contribution in [0.3, 0.4) is 0 Å². The van der Waals surface area contributed by atoms with Crippen molar-refractivity contribution in [3.8, 4) is 0 Å². The van der Waals surface area contributed by atoms with Crippen LogP contribution in [0.25, 0.3) is 0 Å². The highest BCUT2D eigenvalue weighted by molar-refractivity contribution is 6.01. The van der Waals surface area contributed by atoms with Gasteiger partial charge in [-0.2, -0.15) is 0 Å². The fraction of sp³-hybridized carbons (Fsp3) is 0.391. The van der Waals surface area contributed by atoms with E-state index in [0.717, 1.165) is 17.7 Å². The lowest BCUT2D eigenvalue weighted by Gasteiger charge is -2.22. The van der Waals surface area contributed by atoms with Crippen LogP contribution in [0, 0.1) is 12.8 Å². The molecule has 2 aromatic rings. The van der Waals surface area contributed by atoms with Gasteiger partial charge in [-0.1, -0.05) is 57.5 Å². The molecule has 0 aromatic heterocycles. The molecule has 0 aliphatic carbocycles. The summed E-state index contributed by atoms with van der Waals surface area (Å²) in [5.41, 5.74) is 3.63. The van der Waals surface area contributed by atoms with Gasteiger partial charge in [0.25, 0.3) is 5.91 Å². The predicted octanol–water partition coefficient (Wildman–Crippen LogP) is 4.90. The summed E-state index contributed by atoms with van der Waals surface area (Å²) in [6.07, 6.45) is 1.08. The van der Waals surface area contributed by atoms with Crippen molar-refractivity contribution in [3.63, 3.8) is 0 Å². The first-order valence-electron chi connectivity index (χ1n) is 9.60. The van der Waals surface area contributed by atoms with Crippen molar-refractivity contribution in [2.75, 3.05) is 5.32 Å². The van der Waals surface area contributed by atoms with Gasteiger partial charge < -0.3 is 10.6 Å². The molecule has 4 heteroatoms. The maximum atomic E-state index is 12.7. The number of aryl methyl sites for hydroxylation is 1. The maximum absolute atomic E-state index is 12.7. The minimum atomic E-state index is -0.604. The van der Waals surface area contributed by atoms with Crippen LogP contribution in [-0.4, -0.2) is 17.9 Å². The molecule has 2 N–H and O–H groups in total. The lowest BCUT2D eigenvalue weighted by atomic mass is 9.98. The summed E-state index contributed by atoms with van der Waals surface area (Å²) in [4.78, 5) is 25.2. The van der Waals surface area contributed by atoms with E-state index in [1.807, 2.05) is 57.2 Å². The summed E-state index contributed by atoms with van der Waals surface area (Å²) < 4.78 is 0. The lowest BCUT2D eigenvalue weighted by molar-refractivity contribution is -0.118. The molecule has 0 aliphatic heterocycles. The number of anilines is 1. The van der Waals surface area contributed by atoms with Gasteiger partial charge in [0.05, 0.1) is 0 Å². The lowest BCUT2D eigenvalue weighted by Crippen LogP contribution is -2.47. The minimum absolute atomic E-state index is 0.0289. The predicted molar refractivity (Wildman–Crippen MR) is 111 cm³/mol. The number of benzene rings is 2. The first-order chi connectivity index (χ1) is 12.8. The monoisotopic (exact) mass is 366 g/mol. The van der Waals surface area contributed by atoms with E-state index in [4.69, 9.17) is 0 Å². The Bertz CT molecular complexity index is 764. The van der Waals surface area contributed by atoms with Crippen molar-refractivity contribution in [3.05, 3.63) is 65.2 Å². The minimum Gasteiger partial charge on any atom is -0.340 e. The highest BCUT2D eigenvalue weighted by Crippen LogP contribution is 2.21. The van der Waals surface area contributed by atoms with Gasteiger partial charge in [0.1, 0.15) is 6.04 Å². The van der Waals surface area contributed by atoms with E-state index in [9.17, 15) is 9.59 Å². The molecule has 2 atom stereocenters. The van der Waals surface area contributed by atoms with Gasteiger partial charge in [-0.25, -0.2) is 0 Å². The van der Waals surface area contributed by atoms with Crippen molar-refractivity contribution in [1.29, 1.82) is 0 Å². The fourth-order valence-electron chi connectivity index (χ4n) is 2.82. The average Bonchev–Trinajstić information content (AvgIpc) is 2.66. The van der Waals surface area contributed by atoms with Gasteiger partial charge >= 0.3 is 0 Å². The molecule has 2 aromatic carbocycles. The van der Waals surface area contributed by atoms with E-state index >= 15 is 0 Å². The molecule has 2 amide bonds. The molecule has 0 spiro atoms. The van der Waals surface area contributed by atoms with Crippen LogP contribution in [0.4, 0.5) is 5.69 Å². The third kappa shape index (κ3) is 5.68. The Kier molecular flexibility index (Phi) is 7.17. The first-order valence-corrected chi connectivity index (χ1v) is 9.60. The molecule has 0 fully saturated rings. The number of hydrogen-bond acceptors (Lipinski definition) is 2. The molecule has 0 aliphatic rings. The smallest absolute Gasteiger partial charge is 0.251 e. The largest absolute Gasteiger partial charge is 0.340 e. The Hall–Kier alpha value is -2.62. The van der Waals surface area contributed by atoms with Gasteiger partial charge in [-0.15, -0.1) is 0 Å². The SMILES string of the molecule is CC[C@H](C)c1ccc(NC(=O)[C@H](NC(=O)c2ccc(C)cc2)C(C)C)cc1. The molecule has 0 unspecified atom stereocenters. The third-order valence-corrected chi connectivity index (χ3v) is 4.91. The molecule has 2 rings (SSSR count). The van der Waals surface area contributed by atoms with Crippen LogP contribution in [0.1, 0.15) is 61.5 Å². The summed E-state index contributed by atoms with van der Waals surface area (Å²) in [6.45, 7) is 10.2. The zero-order valence-corrected chi connectivity index (χ0v) is 16.9. The second-order valence-corrected chi connectivity index (χ2v) is 7.48. The standard InChI is InChI=1S/C23H30N2O2/c1-6-17(5)18-11-13-20(14-12-18)24-23(27)21(15(2)3)25-22(26)19-9-7-16(4)8-10-19/h7-15,17,21H,6H2,1-5H3,(H,24,27)(H,25,26)/t17-,21+/m0/s1. The van der Waals surface area contributed by atoms with E-state index in [1.54, 1.807) is 12.1 Å². The van der Waals surface area contributed by atoms with Crippen LogP contribution in [0.5, 0.6) is 0 Å². The highest BCUT2D eigenvalue weighted by atomic mass is 16.2. The molecule has 27 heavy (non-hydrogen) atoms. The number of amides is 2. The second-order valence-electron chi connectivity index (χ2n) is 7.48. The molecular weight excluding hydrogens is 336 g/mol. The Morgan fingerprint density at radius 1 is 0.926 bits per heavy atom. The highest BCUT2D eigenvalue weighted by Gasteiger charge is 2.24. The number of carbonyl (C=O) groups is 2. The molecule has 0 heterocycles. The topological polar surface area (TPSA) is 58.2 Å². The van der Waals surface area contributed by atoms with Crippen molar-refractivity contribution < 1.29 is 9.59 Å². The first kappa shape index (κ1) is 20.7. The van der Waals surface area contributed by atoms with Gasteiger partial charge in [0.2, 0.25) is 5.91 Å². The van der Waals surface area contributed by atoms with Crippen molar-refractivity contribution in [2.24, 2.45) is 5.92 Å². The van der Waals surface area contributed by atoms with Crippen molar-refractivity contribution in [1.82, 2.24) is 5.32 Å².